The Morgan fingerprint density at radius 1 is 1.24 bits per heavy atom. The van der Waals surface area contributed by atoms with Gasteiger partial charge in [0.1, 0.15) is 23.5 Å². The molecule has 1 saturated carbocycles. The van der Waals surface area contributed by atoms with Crippen molar-refractivity contribution >= 4 is 6.08 Å². The van der Waals surface area contributed by atoms with Crippen LogP contribution in [-0.2, 0) is 11.3 Å². The Hall–Kier alpha value is -2.17. The van der Waals surface area contributed by atoms with Crippen molar-refractivity contribution < 1.29 is 9.13 Å². The molecule has 0 unspecified atom stereocenters. The van der Waals surface area contributed by atoms with Gasteiger partial charge in [0.25, 0.3) is 0 Å². The van der Waals surface area contributed by atoms with Crippen LogP contribution >= 0.6 is 0 Å². The average Bonchev–Trinajstić information content (AvgIpc) is 2.53. The van der Waals surface area contributed by atoms with E-state index in [0.29, 0.717) is 17.7 Å². The summed E-state index contributed by atoms with van der Waals surface area (Å²) in [6.45, 7) is 0.304. The zero-order chi connectivity index (χ0) is 15.1. The van der Waals surface area contributed by atoms with Gasteiger partial charge >= 0.3 is 0 Å². The monoisotopic (exact) mass is 284 g/mol. The highest BCUT2D eigenvalue weighted by Gasteiger charge is 2.14. The third-order valence-corrected chi connectivity index (χ3v) is 3.67. The van der Waals surface area contributed by atoms with Crippen LogP contribution in [0.3, 0.4) is 0 Å². The minimum atomic E-state index is -0.343. The van der Waals surface area contributed by atoms with Gasteiger partial charge in [-0.05, 0) is 42.2 Å². The Bertz CT molecular complexity index is 588. The van der Waals surface area contributed by atoms with Crippen LogP contribution in [0.4, 0.5) is 4.39 Å². The van der Waals surface area contributed by atoms with E-state index in [2.05, 4.69) is 0 Å². The summed E-state index contributed by atoms with van der Waals surface area (Å²) in [4.78, 5) is 0. The van der Waals surface area contributed by atoms with Crippen molar-refractivity contribution in [3.05, 3.63) is 40.7 Å². The summed E-state index contributed by atoms with van der Waals surface area (Å²) in [7, 11) is 0. The zero-order valence-corrected chi connectivity index (χ0v) is 11.8. The molecule has 1 aliphatic carbocycles. The van der Waals surface area contributed by atoms with Gasteiger partial charge in [-0.1, -0.05) is 25.3 Å². The lowest BCUT2D eigenvalue weighted by atomic mass is 9.97. The number of hydrogen-bond acceptors (Lipinski definition) is 3. The van der Waals surface area contributed by atoms with E-state index in [0.717, 1.165) is 12.8 Å². The first-order valence-electron chi connectivity index (χ1n) is 7.15. The Balaban J connectivity index is 2.14. The Morgan fingerprint density at radius 2 is 1.95 bits per heavy atom. The molecule has 4 heteroatoms. The van der Waals surface area contributed by atoms with Crippen molar-refractivity contribution in [3.8, 4) is 12.1 Å². The molecule has 0 aromatic heterocycles. The lowest BCUT2D eigenvalue weighted by molar-refractivity contribution is 0.0167. The second kappa shape index (κ2) is 7.57. The van der Waals surface area contributed by atoms with Crippen molar-refractivity contribution in [2.24, 2.45) is 0 Å². The lowest BCUT2D eigenvalue weighted by Crippen LogP contribution is -2.16. The summed E-state index contributed by atoms with van der Waals surface area (Å²) in [5.41, 5.74) is 1.33. The predicted octanol–water partition coefficient (Wildman–Crippen LogP) is 4.11. The van der Waals surface area contributed by atoms with E-state index in [1.807, 2.05) is 12.1 Å². The maximum Gasteiger partial charge on any atom is 0.130 e. The molecule has 108 valence electrons. The Morgan fingerprint density at radius 3 is 2.62 bits per heavy atom. The van der Waals surface area contributed by atoms with Crippen molar-refractivity contribution in [3.63, 3.8) is 0 Å². The van der Waals surface area contributed by atoms with E-state index >= 15 is 0 Å². The maximum atomic E-state index is 13.4. The van der Waals surface area contributed by atoms with Crippen LogP contribution in [0.1, 0.15) is 43.2 Å². The molecule has 0 atom stereocenters. The summed E-state index contributed by atoms with van der Waals surface area (Å²) >= 11 is 0. The summed E-state index contributed by atoms with van der Waals surface area (Å²) in [5, 5.41) is 17.6. The van der Waals surface area contributed by atoms with Crippen LogP contribution in [-0.4, -0.2) is 6.10 Å². The Labute approximate surface area is 124 Å². The molecule has 0 aliphatic heterocycles. The zero-order valence-electron chi connectivity index (χ0n) is 11.8. The molecule has 21 heavy (non-hydrogen) atoms. The van der Waals surface area contributed by atoms with E-state index in [-0.39, 0.29) is 17.5 Å². The fourth-order valence-corrected chi connectivity index (χ4v) is 2.52. The molecule has 0 heterocycles. The smallest absolute Gasteiger partial charge is 0.130 e. The topological polar surface area (TPSA) is 56.8 Å². The van der Waals surface area contributed by atoms with Gasteiger partial charge in [-0.15, -0.1) is 0 Å². The number of halogens is 1. The van der Waals surface area contributed by atoms with Crippen LogP contribution in [0.5, 0.6) is 0 Å². The summed E-state index contributed by atoms with van der Waals surface area (Å²) in [5.74, 6) is -0.343. The summed E-state index contributed by atoms with van der Waals surface area (Å²) in [6.07, 6.45) is 7.39. The second-order valence-electron chi connectivity index (χ2n) is 5.20. The highest BCUT2D eigenvalue weighted by molar-refractivity contribution is 5.64. The molecule has 0 N–H and O–H groups in total. The molecule has 3 nitrogen and oxygen atoms in total. The number of nitrogens with zero attached hydrogens (tertiary/aromatic N) is 2. The first-order chi connectivity index (χ1) is 10.2. The third-order valence-electron chi connectivity index (χ3n) is 3.67. The Kier molecular flexibility index (Phi) is 5.49. The normalized spacial score (nSPS) is 15.0. The predicted molar refractivity (Wildman–Crippen MR) is 77.3 cm³/mol. The first kappa shape index (κ1) is 15.2. The van der Waals surface area contributed by atoms with Crippen molar-refractivity contribution in [2.75, 3.05) is 0 Å². The van der Waals surface area contributed by atoms with E-state index in [9.17, 15) is 4.39 Å². The quantitative estimate of drug-likeness (QED) is 0.782. The summed E-state index contributed by atoms with van der Waals surface area (Å²) in [6, 6.07) is 7.92. The van der Waals surface area contributed by atoms with E-state index < -0.39 is 0 Å². The molecule has 1 aromatic rings. The van der Waals surface area contributed by atoms with Gasteiger partial charge in [0.05, 0.1) is 12.7 Å². The molecule has 0 saturated heterocycles. The second-order valence-corrected chi connectivity index (χ2v) is 5.20. The molecule has 1 aliphatic rings. The van der Waals surface area contributed by atoms with Crippen molar-refractivity contribution in [1.82, 2.24) is 0 Å². The minimum Gasteiger partial charge on any atom is -0.374 e. The van der Waals surface area contributed by atoms with Gasteiger partial charge in [0.15, 0.2) is 0 Å². The number of ether oxygens (including phenoxy) is 1. The van der Waals surface area contributed by atoms with Crippen LogP contribution in [0.2, 0.25) is 0 Å². The SMILES string of the molecule is N#CC(C#N)=Cc1ccc(F)cc1COC1CCCCC1. The molecule has 2 rings (SSSR count). The van der Waals surface area contributed by atoms with Crippen molar-refractivity contribution in [1.29, 1.82) is 10.5 Å². The van der Waals surface area contributed by atoms with Crippen molar-refractivity contribution in [2.45, 2.75) is 44.8 Å². The van der Waals surface area contributed by atoms with E-state index in [1.165, 1.54) is 37.5 Å². The standard InChI is InChI=1S/C17H17FN2O/c18-16-7-6-14(8-13(10-19)11-20)15(9-16)12-21-17-4-2-1-3-5-17/h6-9,17H,1-5,12H2. The molecular weight excluding hydrogens is 267 g/mol. The fourth-order valence-electron chi connectivity index (χ4n) is 2.52. The molecule has 0 amide bonds. The largest absolute Gasteiger partial charge is 0.374 e. The van der Waals surface area contributed by atoms with E-state index in [1.54, 1.807) is 6.07 Å². The van der Waals surface area contributed by atoms with E-state index in [4.69, 9.17) is 15.3 Å². The van der Waals surface area contributed by atoms with Gasteiger partial charge in [-0.25, -0.2) is 4.39 Å². The summed E-state index contributed by atoms with van der Waals surface area (Å²) < 4.78 is 19.3. The molecule has 0 spiro atoms. The van der Waals surface area contributed by atoms with Crippen LogP contribution in [0.25, 0.3) is 6.08 Å². The molecule has 1 fully saturated rings. The highest BCUT2D eigenvalue weighted by atomic mass is 19.1. The van der Waals surface area contributed by atoms with Gasteiger partial charge in [0, 0.05) is 0 Å². The molecule has 0 radical (unpaired) electrons. The minimum absolute atomic E-state index is 0.000486. The van der Waals surface area contributed by atoms with Crippen LogP contribution < -0.4 is 0 Å². The fraction of sp³-hybridized carbons (Fsp3) is 0.412. The lowest BCUT2D eigenvalue weighted by Gasteiger charge is -2.22. The van der Waals surface area contributed by atoms with Crippen LogP contribution in [0.15, 0.2) is 23.8 Å². The van der Waals surface area contributed by atoms with Gasteiger partial charge in [-0.2, -0.15) is 10.5 Å². The number of rotatable bonds is 4. The first-order valence-corrected chi connectivity index (χ1v) is 7.15. The van der Waals surface area contributed by atoms with Gasteiger partial charge in [0.2, 0.25) is 0 Å². The highest BCUT2D eigenvalue weighted by Crippen LogP contribution is 2.23. The number of allylic oxidation sites excluding steroid dienone is 1. The molecular formula is C17H17FN2O. The average molecular weight is 284 g/mol. The molecule has 0 bridgehead atoms. The number of hydrogen-bond donors (Lipinski definition) is 0. The number of nitriles is 2. The third kappa shape index (κ3) is 4.41. The van der Waals surface area contributed by atoms with Gasteiger partial charge in [-0.3, -0.25) is 0 Å². The maximum absolute atomic E-state index is 13.4. The number of benzene rings is 1. The van der Waals surface area contributed by atoms with Crippen LogP contribution in [0, 0.1) is 28.5 Å². The molecule has 1 aromatic carbocycles. The van der Waals surface area contributed by atoms with Gasteiger partial charge < -0.3 is 4.74 Å².